The first-order chi connectivity index (χ1) is 7.33. The fourth-order valence-electron chi connectivity index (χ4n) is 2.49. The van der Waals surface area contributed by atoms with E-state index in [1.165, 1.54) is 51.4 Å². The van der Waals surface area contributed by atoms with Gasteiger partial charge in [-0.25, -0.2) is 0 Å². The number of rotatable bonds is 7. The van der Waals surface area contributed by atoms with Crippen molar-refractivity contribution in [3.05, 3.63) is 22.8 Å². The van der Waals surface area contributed by atoms with Crippen LogP contribution in [0.2, 0.25) is 0 Å². The van der Waals surface area contributed by atoms with E-state index in [4.69, 9.17) is 0 Å². The van der Waals surface area contributed by atoms with Crippen LogP contribution in [0.5, 0.6) is 0 Å². The summed E-state index contributed by atoms with van der Waals surface area (Å²) in [5, 5.41) is 0. The molecule has 0 aromatic rings. The van der Waals surface area contributed by atoms with Crippen molar-refractivity contribution in [3.8, 4) is 0 Å². The Morgan fingerprint density at radius 1 is 0.933 bits per heavy atom. The highest BCUT2D eigenvalue weighted by Crippen LogP contribution is 2.34. The molecule has 86 valence electrons. The Labute approximate surface area is 95.5 Å². The van der Waals surface area contributed by atoms with Gasteiger partial charge in [0, 0.05) is 0 Å². The average Bonchev–Trinajstić information content (AvgIpc) is 2.60. The summed E-state index contributed by atoms with van der Waals surface area (Å²) in [6.07, 6.45) is 13.0. The summed E-state index contributed by atoms with van der Waals surface area (Å²) in [5.74, 6) is 0. The average molecular weight is 206 g/mol. The molecule has 0 radical (unpaired) electrons. The highest BCUT2D eigenvalue weighted by Gasteiger charge is 2.15. The van der Waals surface area contributed by atoms with Crippen LogP contribution in [0.25, 0.3) is 0 Å². The SMILES string of the molecule is CCCCC1=C(CCC)CC=C1CCC. The summed E-state index contributed by atoms with van der Waals surface area (Å²) in [7, 11) is 0. The number of unbranched alkanes of at least 4 members (excludes halogenated alkanes) is 1. The normalized spacial score (nSPS) is 16.1. The highest BCUT2D eigenvalue weighted by atomic mass is 14.2. The Balaban J connectivity index is 2.65. The van der Waals surface area contributed by atoms with Crippen LogP contribution in [-0.2, 0) is 0 Å². The van der Waals surface area contributed by atoms with Crippen molar-refractivity contribution in [2.75, 3.05) is 0 Å². The molecular formula is C15H26. The van der Waals surface area contributed by atoms with Crippen molar-refractivity contribution in [1.82, 2.24) is 0 Å². The number of allylic oxidation sites excluding steroid dienone is 4. The first-order valence-electron chi connectivity index (χ1n) is 6.73. The molecule has 0 heterocycles. The summed E-state index contributed by atoms with van der Waals surface area (Å²) in [6.45, 7) is 6.87. The van der Waals surface area contributed by atoms with Gasteiger partial charge in [-0.15, -0.1) is 0 Å². The zero-order chi connectivity index (χ0) is 11.1. The second-order valence-electron chi connectivity index (χ2n) is 4.62. The van der Waals surface area contributed by atoms with Crippen LogP contribution in [0.4, 0.5) is 0 Å². The summed E-state index contributed by atoms with van der Waals surface area (Å²) in [6, 6.07) is 0. The predicted octanol–water partition coefficient (Wildman–Crippen LogP) is 5.40. The quantitative estimate of drug-likeness (QED) is 0.523. The molecule has 0 amide bonds. The smallest absolute Gasteiger partial charge is 0.0127 e. The Hall–Kier alpha value is -0.520. The standard InChI is InChI=1S/C15H26/c1-4-7-10-15-13(8-5-2)11-12-14(15)9-6-3/h11H,4-10,12H2,1-3H3. The molecule has 0 fully saturated rings. The third-order valence-electron chi connectivity index (χ3n) is 3.26. The molecule has 0 nitrogen and oxygen atoms in total. The summed E-state index contributed by atoms with van der Waals surface area (Å²) < 4.78 is 0. The Kier molecular flexibility index (Phi) is 5.75. The lowest BCUT2D eigenvalue weighted by molar-refractivity contribution is 0.764. The minimum absolute atomic E-state index is 1.25. The van der Waals surface area contributed by atoms with Gasteiger partial charge in [0.05, 0.1) is 0 Å². The van der Waals surface area contributed by atoms with Crippen molar-refractivity contribution < 1.29 is 0 Å². The molecule has 0 saturated carbocycles. The van der Waals surface area contributed by atoms with Crippen LogP contribution in [0.1, 0.15) is 72.1 Å². The largest absolute Gasteiger partial charge is 0.0770 e. The van der Waals surface area contributed by atoms with E-state index < -0.39 is 0 Å². The van der Waals surface area contributed by atoms with Crippen molar-refractivity contribution >= 4 is 0 Å². The molecule has 1 aliphatic rings. The Morgan fingerprint density at radius 3 is 2.27 bits per heavy atom. The Bertz CT molecular complexity index is 243. The second-order valence-corrected chi connectivity index (χ2v) is 4.62. The van der Waals surface area contributed by atoms with Crippen molar-refractivity contribution in [1.29, 1.82) is 0 Å². The maximum absolute atomic E-state index is 2.49. The zero-order valence-corrected chi connectivity index (χ0v) is 10.7. The summed E-state index contributed by atoms with van der Waals surface area (Å²) in [4.78, 5) is 0. The molecule has 15 heavy (non-hydrogen) atoms. The third-order valence-corrected chi connectivity index (χ3v) is 3.26. The maximum Gasteiger partial charge on any atom is -0.0127 e. The van der Waals surface area contributed by atoms with Crippen LogP contribution >= 0.6 is 0 Å². The van der Waals surface area contributed by atoms with E-state index in [-0.39, 0.29) is 0 Å². The van der Waals surface area contributed by atoms with Gasteiger partial charge < -0.3 is 0 Å². The molecule has 1 aliphatic carbocycles. The van der Waals surface area contributed by atoms with E-state index in [0.717, 1.165) is 0 Å². The molecule has 0 aromatic carbocycles. The van der Waals surface area contributed by atoms with E-state index in [1.807, 2.05) is 0 Å². The number of hydrogen-bond acceptors (Lipinski definition) is 0. The van der Waals surface area contributed by atoms with Gasteiger partial charge in [-0.05, 0) is 43.3 Å². The van der Waals surface area contributed by atoms with E-state index in [9.17, 15) is 0 Å². The van der Waals surface area contributed by atoms with Gasteiger partial charge in [-0.1, -0.05) is 51.7 Å². The van der Waals surface area contributed by atoms with Gasteiger partial charge in [0.25, 0.3) is 0 Å². The topological polar surface area (TPSA) is 0 Å². The van der Waals surface area contributed by atoms with Crippen LogP contribution in [0.3, 0.4) is 0 Å². The van der Waals surface area contributed by atoms with E-state index in [0.29, 0.717) is 0 Å². The first-order valence-corrected chi connectivity index (χ1v) is 6.73. The van der Waals surface area contributed by atoms with Crippen molar-refractivity contribution in [2.24, 2.45) is 0 Å². The zero-order valence-electron chi connectivity index (χ0n) is 10.7. The molecule has 0 aliphatic heterocycles. The first kappa shape index (κ1) is 12.5. The van der Waals surface area contributed by atoms with Gasteiger partial charge >= 0.3 is 0 Å². The molecule has 0 unspecified atom stereocenters. The van der Waals surface area contributed by atoms with E-state index in [1.54, 1.807) is 16.7 Å². The van der Waals surface area contributed by atoms with Crippen LogP contribution in [-0.4, -0.2) is 0 Å². The van der Waals surface area contributed by atoms with Gasteiger partial charge in [0.1, 0.15) is 0 Å². The van der Waals surface area contributed by atoms with Crippen molar-refractivity contribution in [2.45, 2.75) is 72.1 Å². The van der Waals surface area contributed by atoms with E-state index in [2.05, 4.69) is 26.8 Å². The van der Waals surface area contributed by atoms with Gasteiger partial charge in [-0.2, -0.15) is 0 Å². The lowest BCUT2D eigenvalue weighted by Gasteiger charge is -2.10. The molecular weight excluding hydrogens is 180 g/mol. The fourth-order valence-corrected chi connectivity index (χ4v) is 2.49. The fraction of sp³-hybridized carbons (Fsp3) is 0.733. The van der Waals surface area contributed by atoms with Crippen LogP contribution < -0.4 is 0 Å². The lowest BCUT2D eigenvalue weighted by atomic mass is 9.95. The van der Waals surface area contributed by atoms with Gasteiger partial charge in [-0.3, -0.25) is 0 Å². The molecule has 1 rings (SSSR count). The minimum atomic E-state index is 1.25. The molecule has 0 atom stereocenters. The van der Waals surface area contributed by atoms with Crippen LogP contribution in [0, 0.1) is 0 Å². The van der Waals surface area contributed by atoms with Gasteiger partial charge in [0.15, 0.2) is 0 Å². The maximum atomic E-state index is 2.49. The van der Waals surface area contributed by atoms with Gasteiger partial charge in [0.2, 0.25) is 0 Å². The minimum Gasteiger partial charge on any atom is -0.0770 e. The van der Waals surface area contributed by atoms with E-state index >= 15 is 0 Å². The molecule has 0 aromatic heterocycles. The molecule has 0 saturated heterocycles. The summed E-state index contributed by atoms with van der Waals surface area (Å²) in [5.41, 5.74) is 5.16. The molecule has 0 N–H and O–H groups in total. The molecule has 0 spiro atoms. The third kappa shape index (κ3) is 3.52. The highest BCUT2D eigenvalue weighted by molar-refractivity contribution is 5.42. The monoisotopic (exact) mass is 206 g/mol. The van der Waals surface area contributed by atoms with Crippen LogP contribution in [0.15, 0.2) is 22.8 Å². The van der Waals surface area contributed by atoms with Crippen molar-refractivity contribution in [3.63, 3.8) is 0 Å². The lowest BCUT2D eigenvalue weighted by Crippen LogP contribution is -1.91. The predicted molar refractivity (Wildman–Crippen MR) is 69.1 cm³/mol. The molecule has 0 heteroatoms. The summed E-state index contributed by atoms with van der Waals surface area (Å²) >= 11 is 0. The molecule has 0 bridgehead atoms. The Morgan fingerprint density at radius 2 is 1.67 bits per heavy atom. The second kappa shape index (κ2) is 6.87. The number of hydrogen-bond donors (Lipinski definition) is 0.